The number of H-pyrrole nitrogens is 1. The summed E-state index contributed by atoms with van der Waals surface area (Å²) >= 11 is 0. The first-order valence-corrected chi connectivity index (χ1v) is 12.2. The number of aromatic nitrogens is 5. The van der Waals surface area contributed by atoms with Crippen LogP contribution in [0.1, 0.15) is 36.8 Å². The molecule has 13 heteroatoms. The summed E-state index contributed by atoms with van der Waals surface area (Å²) in [6, 6.07) is 3.42. The molecule has 3 saturated carbocycles. The largest absolute Gasteiger partial charge is 0.441 e. The van der Waals surface area contributed by atoms with Crippen LogP contribution in [-0.2, 0) is 16.0 Å². The van der Waals surface area contributed by atoms with Crippen molar-refractivity contribution >= 4 is 23.5 Å². The molecule has 190 valence electrons. The minimum atomic E-state index is -1.53. The predicted molar refractivity (Wildman–Crippen MR) is 122 cm³/mol. The molecule has 3 atom stereocenters. The number of halogens is 2. The number of hydrogen-bond donors (Lipinski definition) is 3. The van der Waals surface area contributed by atoms with Crippen molar-refractivity contribution in [2.45, 2.75) is 55.9 Å². The predicted octanol–water partition coefficient (Wildman–Crippen LogP) is 2.41. The Kier molecular flexibility index (Phi) is 4.93. The van der Waals surface area contributed by atoms with Crippen LogP contribution in [-0.4, -0.2) is 79.2 Å². The number of hydrogen-bond acceptors (Lipinski definition) is 8. The van der Waals surface area contributed by atoms with Gasteiger partial charge in [0.15, 0.2) is 18.1 Å². The van der Waals surface area contributed by atoms with Crippen LogP contribution in [0.25, 0.3) is 5.65 Å². The lowest BCUT2D eigenvalue weighted by molar-refractivity contribution is -0.0528. The van der Waals surface area contributed by atoms with E-state index in [2.05, 4.69) is 30.8 Å². The molecule has 5 heterocycles. The molecular formula is C23H26F2N8O3. The number of nitrogens with one attached hydrogen (secondary N) is 3. The zero-order chi connectivity index (χ0) is 24.4. The third-order valence-corrected chi connectivity index (χ3v) is 7.62. The van der Waals surface area contributed by atoms with E-state index in [0.717, 1.165) is 30.9 Å². The molecule has 0 radical (unpaired) electrons. The third-order valence-electron chi connectivity index (χ3n) is 7.62. The first-order valence-electron chi connectivity index (χ1n) is 12.2. The van der Waals surface area contributed by atoms with Crippen molar-refractivity contribution in [3.63, 3.8) is 0 Å². The maximum Gasteiger partial charge on any atom is 0.408 e. The average molecular weight is 501 g/mol. The number of amides is 1. The van der Waals surface area contributed by atoms with E-state index in [-0.39, 0.29) is 12.1 Å². The van der Waals surface area contributed by atoms with Crippen molar-refractivity contribution in [3.8, 4) is 0 Å². The van der Waals surface area contributed by atoms with E-state index in [4.69, 9.17) is 9.47 Å². The number of aromatic amines is 1. The molecule has 1 amide bonds. The van der Waals surface area contributed by atoms with E-state index in [1.807, 2.05) is 11.1 Å². The molecule has 5 fully saturated rings. The Labute approximate surface area is 204 Å². The van der Waals surface area contributed by atoms with Crippen LogP contribution in [0.3, 0.4) is 0 Å². The summed E-state index contributed by atoms with van der Waals surface area (Å²) in [7, 11) is 0. The molecule has 2 saturated heterocycles. The summed E-state index contributed by atoms with van der Waals surface area (Å²) in [5, 5.41) is 13.0. The second kappa shape index (κ2) is 8.10. The van der Waals surface area contributed by atoms with Gasteiger partial charge in [-0.15, -0.1) is 0 Å². The van der Waals surface area contributed by atoms with Crippen LogP contribution in [0.2, 0.25) is 0 Å². The van der Waals surface area contributed by atoms with E-state index >= 15 is 4.39 Å². The van der Waals surface area contributed by atoms with Gasteiger partial charge in [-0.05, 0) is 31.2 Å². The molecule has 8 rings (SSSR count). The van der Waals surface area contributed by atoms with Gasteiger partial charge in [-0.25, -0.2) is 23.5 Å². The quantitative estimate of drug-likeness (QED) is 0.452. The highest BCUT2D eigenvalue weighted by molar-refractivity contribution is 5.69. The van der Waals surface area contributed by atoms with Crippen molar-refractivity contribution in [1.29, 1.82) is 0 Å². The fourth-order valence-electron chi connectivity index (χ4n) is 5.62. The van der Waals surface area contributed by atoms with Gasteiger partial charge in [0.25, 0.3) is 0 Å². The maximum absolute atomic E-state index is 15.1. The highest BCUT2D eigenvalue weighted by Gasteiger charge is 2.58. The molecule has 3 N–H and O–H groups in total. The smallest absolute Gasteiger partial charge is 0.408 e. The number of carbonyl (C=O) groups excluding carboxylic acids is 1. The molecule has 3 aliphatic carbocycles. The van der Waals surface area contributed by atoms with E-state index in [9.17, 15) is 9.18 Å². The summed E-state index contributed by atoms with van der Waals surface area (Å²) in [6.45, 7) is 1.37. The number of ether oxygens (including phenoxy) is 2. The number of nitrogens with zero attached hydrogens (tertiary/aromatic N) is 5. The van der Waals surface area contributed by atoms with Crippen LogP contribution in [0, 0.1) is 5.92 Å². The second-order valence-electron chi connectivity index (χ2n) is 10.4. The fourth-order valence-corrected chi connectivity index (χ4v) is 5.62. The first-order chi connectivity index (χ1) is 17.4. The van der Waals surface area contributed by atoms with E-state index in [0.29, 0.717) is 42.7 Å². The minimum Gasteiger partial charge on any atom is -0.441 e. The second-order valence-corrected chi connectivity index (χ2v) is 10.4. The van der Waals surface area contributed by atoms with Gasteiger partial charge in [0.2, 0.25) is 5.95 Å². The number of fused-ring (bicyclic) bond motifs is 1. The van der Waals surface area contributed by atoms with Gasteiger partial charge in [-0.2, -0.15) is 5.10 Å². The zero-order valence-corrected chi connectivity index (χ0v) is 19.4. The Balaban J connectivity index is 0.997. The SMILES string of the molecule is O=C(NC12CC(C1)C2)O[C@H]1CO[C@@H](c2cc(Nc3nccc4nc(CN5CC(F)C5)cn34)n[nH]2)[C@@H]1F. The van der Waals surface area contributed by atoms with Gasteiger partial charge in [0.05, 0.1) is 18.0 Å². The third kappa shape index (κ3) is 3.77. The molecule has 2 bridgehead atoms. The highest BCUT2D eigenvalue weighted by atomic mass is 19.1. The number of carbonyl (C=O) groups is 1. The van der Waals surface area contributed by atoms with Gasteiger partial charge in [0.1, 0.15) is 17.9 Å². The standard InChI is InChI=1S/C23H26F2N8O3/c24-13-7-32(8-13)9-14-10-33-18(27-14)1-2-26-21(33)28-17-3-15(30-31-17)20-19(25)16(11-35-20)36-22(34)29-23-4-12(5-23)6-23/h1-3,10,12-13,16,19-20H,4-9,11H2,(H,29,34)(H2,26,28,30,31)/t12?,16-,19+,20-,23?/m0/s1. The molecule has 3 aromatic rings. The van der Waals surface area contributed by atoms with Gasteiger partial charge < -0.3 is 20.1 Å². The number of likely N-dealkylation sites (tertiary alicyclic amines) is 1. The lowest BCUT2D eigenvalue weighted by Crippen LogP contribution is -2.68. The number of alkyl carbamates (subject to hydrolysis) is 1. The van der Waals surface area contributed by atoms with Gasteiger partial charge in [0, 0.05) is 43.6 Å². The first kappa shape index (κ1) is 21.9. The molecule has 5 aliphatic rings. The summed E-state index contributed by atoms with van der Waals surface area (Å²) in [4.78, 5) is 23.1. The number of rotatable bonds is 7. The highest BCUT2D eigenvalue weighted by Crippen LogP contribution is 2.57. The van der Waals surface area contributed by atoms with Gasteiger partial charge in [-0.1, -0.05) is 0 Å². The van der Waals surface area contributed by atoms with Crippen LogP contribution < -0.4 is 10.6 Å². The lowest BCUT2D eigenvalue weighted by atomic mass is 9.50. The van der Waals surface area contributed by atoms with Crippen molar-refractivity contribution in [1.82, 2.24) is 34.8 Å². The molecule has 0 spiro atoms. The van der Waals surface area contributed by atoms with Gasteiger partial charge >= 0.3 is 6.09 Å². The Morgan fingerprint density at radius 1 is 1.31 bits per heavy atom. The Bertz CT molecular complexity index is 1290. The fraction of sp³-hybridized carbons (Fsp3) is 0.565. The Hall–Kier alpha value is -3.32. The summed E-state index contributed by atoms with van der Waals surface area (Å²) in [5.74, 6) is 1.62. The maximum atomic E-state index is 15.1. The molecular weight excluding hydrogens is 474 g/mol. The number of imidazole rings is 1. The molecule has 3 aromatic heterocycles. The van der Waals surface area contributed by atoms with Crippen molar-refractivity contribution in [3.05, 3.63) is 35.9 Å². The molecule has 0 aromatic carbocycles. The average Bonchev–Trinajstić information content (AvgIpc) is 3.49. The Morgan fingerprint density at radius 3 is 2.89 bits per heavy atom. The molecule has 11 nitrogen and oxygen atoms in total. The normalized spacial score (nSPS) is 31.5. The van der Waals surface area contributed by atoms with E-state index < -0.39 is 30.6 Å². The van der Waals surface area contributed by atoms with Crippen LogP contribution in [0.15, 0.2) is 24.5 Å². The summed E-state index contributed by atoms with van der Waals surface area (Å²) in [6.07, 6.45) is 1.62. The molecule has 2 aliphatic heterocycles. The molecule has 36 heavy (non-hydrogen) atoms. The summed E-state index contributed by atoms with van der Waals surface area (Å²) < 4.78 is 40.9. The summed E-state index contributed by atoms with van der Waals surface area (Å²) in [5.41, 5.74) is 1.79. The van der Waals surface area contributed by atoms with Crippen LogP contribution in [0.4, 0.5) is 25.3 Å². The number of anilines is 2. The Morgan fingerprint density at radius 2 is 2.14 bits per heavy atom. The van der Waals surface area contributed by atoms with Crippen LogP contribution in [0.5, 0.6) is 0 Å². The number of alkyl halides is 2. The topological polar surface area (TPSA) is 122 Å². The lowest BCUT2D eigenvalue weighted by Gasteiger charge is -2.61. The van der Waals surface area contributed by atoms with E-state index in [1.165, 1.54) is 0 Å². The van der Waals surface area contributed by atoms with Crippen molar-refractivity contribution in [2.75, 3.05) is 25.0 Å². The van der Waals surface area contributed by atoms with E-state index in [1.54, 1.807) is 22.7 Å². The van der Waals surface area contributed by atoms with Gasteiger partial charge in [-0.3, -0.25) is 14.4 Å². The van der Waals surface area contributed by atoms with Crippen molar-refractivity contribution < 1.29 is 23.0 Å². The minimum absolute atomic E-state index is 0.0322. The van der Waals surface area contributed by atoms with Crippen LogP contribution >= 0.6 is 0 Å². The van der Waals surface area contributed by atoms with Crippen molar-refractivity contribution in [2.24, 2.45) is 5.92 Å². The zero-order valence-electron chi connectivity index (χ0n) is 19.4. The molecule has 0 unspecified atom stereocenters. The monoisotopic (exact) mass is 500 g/mol.